The first kappa shape index (κ1) is 30.2. The van der Waals surface area contributed by atoms with E-state index in [4.69, 9.17) is 14.6 Å². The molecular formula is C34H39N5O3S. The first-order valence-electron chi connectivity index (χ1n) is 14.4. The lowest BCUT2D eigenvalue weighted by atomic mass is 9.87. The second-order valence-electron chi connectivity index (χ2n) is 11.6. The molecule has 8 nitrogen and oxygen atoms in total. The molecule has 0 bridgehead atoms. The summed E-state index contributed by atoms with van der Waals surface area (Å²) in [5.41, 5.74) is 6.31. The number of aryl methyl sites for hydroxylation is 1. The molecule has 9 heteroatoms. The van der Waals surface area contributed by atoms with Gasteiger partial charge in [-0.1, -0.05) is 81.9 Å². The zero-order chi connectivity index (χ0) is 30.7. The van der Waals surface area contributed by atoms with Gasteiger partial charge in [-0.15, -0.1) is 5.10 Å². The number of nitrogens with zero attached hydrogens (tertiary/aromatic N) is 3. The number of ether oxygens (including phenoxy) is 2. The van der Waals surface area contributed by atoms with E-state index in [0.29, 0.717) is 40.5 Å². The predicted octanol–water partition coefficient (Wildman–Crippen LogP) is 7.51. The van der Waals surface area contributed by atoms with Crippen LogP contribution in [0.2, 0.25) is 0 Å². The molecule has 5 rings (SSSR count). The Balaban J connectivity index is 1.47. The van der Waals surface area contributed by atoms with E-state index in [2.05, 4.69) is 67.6 Å². The quantitative estimate of drug-likeness (QED) is 0.193. The Labute approximate surface area is 257 Å². The number of aromatic nitrogens is 3. The van der Waals surface area contributed by atoms with Gasteiger partial charge in [0.1, 0.15) is 12.6 Å². The van der Waals surface area contributed by atoms with Crippen molar-refractivity contribution in [3.8, 4) is 11.5 Å². The van der Waals surface area contributed by atoms with Gasteiger partial charge in [0.15, 0.2) is 11.5 Å². The molecule has 0 aliphatic carbocycles. The van der Waals surface area contributed by atoms with Crippen molar-refractivity contribution in [2.24, 2.45) is 0 Å². The summed E-state index contributed by atoms with van der Waals surface area (Å²) in [6, 6.07) is 21.5. The Morgan fingerprint density at radius 2 is 1.81 bits per heavy atom. The maximum atomic E-state index is 13.9. The highest BCUT2D eigenvalue weighted by Crippen LogP contribution is 2.40. The zero-order valence-corrected chi connectivity index (χ0v) is 26.6. The van der Waals surface area contributed by atoms with Crippen LogP contribution in [0.5, 0.6) is 11.5 Å². The minimum Gasteiger partial charge on any atom is -0.493 e. The van der Waals surface area contributed by atoms with Crippen LogP contribution in [0.25, 0.3) is 0 Å². The number of anilines is 2. The Kier molecular flexibility index (Phi) is 8.82. The van der Waals surface area contributed by atoms with Gasteiger partial charge >= 0.3 is 0 Å². The molecule has 0 radical (unpaired) electrons. The van der Waals surface area contributed by atoms with Gasteiger partial charge < -0.3 is 20.1 Å². The molecule has 1 amide bonds. The maximum absolute atomic E-state index is 13.9. The minimum absolute atomic E-state index is 0.0929. The number of hydrogen-bond donors (Lipinski definition) is 2. The second-order valence-corrected chi connectivity index (χ2v) is 12.9. The number of benzene rings is 3. The molecule has 0 fully saturated rings. The van der Waals surface area contributed by atoms with Crippen LogP contribution in [0.1, 0.15) is 62.9 Å². The molecule has 224 valence electrons. The third-order valence-electron chi connectivity index (χ3n) is 7.34. The van der Waals surface area contributed by atoms with Crippen molar-refractivity contribution in [1.82, 2.24) is 14.8 Å². The van der Waals surface area contributed by atoms with Crippen molar-refractivity contribution in [3.05, 3.63) is 100 Å². The fourth-order valence-electron chi connectivity index (χ4n) is 5.08. The van der Waals surface area contributed by atoms with Crippen LogP contribution >= 0.6 is 11.8 Å². The van der Waals surface area contributed by atoms with E-state index >= 15 is 0 Å². The largest absolute Gasteiger partial charge is 0.493 e. The summed E-state index contributed by atoms with van der Waals surface area (Å²) in [5, 5.41) is 11.8. The Bertz CT molecular complexity index is 1650. The highest BCUT2D eigenvalue weighted by atomic mass is 32.2. The number of rotatable bonds is 9. The normalized spacial score (nSPS) is 14.6. The van der Waals surface area contributed by atoms with Gasteiger partial charge in [-0.05, 0) is 71.5 Å². The monoisotopic (exact) mass is 597 g/mol. The molecule has 0 spiro atoms. The molecule has 1 aliphatic rings. The molecule has 43 heavy (non-hydrogen) atoms. The van der Waals surface area contributed by atoms with E-state index < -0.39 is 6.04 Å². The summed E-state index contributed by atoms with van der Waals surface area (Å²) in [6.45, 7) is 13.0. The Hall–Kier alpha value is -4.24. The van der Waals surface area contributed by atoms with Crippen molar-refractivity contribution < 1.29 is 14.3 Å². The lowest BCUT2D eigenvalue weighted by Gasteiger charge is -2.29. The highest BCUT2D eigenvalue weighted by molar-refractivity contribution is 7.99. The first-order chi connectivity index (χ1) is 20.6. The Morgan fingerprint density at radius 3 is 2.49 bits per heavy atom. The summed E-state index contributed by atoms with van der Waals surface area (Å²) in [4.78, 5) is 18.5. The number of amides is 1. The van der Waals surface area contributed by atoms with E-state index in [1.54, 1.807) is 23.6 Å². The number of nitrogens with one attached hydrogen (secondary N) is 2. The number of fused-ring (bicyclic) bond motifs is 1. The molecule has 3 aromatic carbocycles. The molecule has 1 aromatic heterocycles. The van der Waals surface area contributed by atoms with Crippen molar-refractivity contribution in [2.45, 2.75) is 64.8 Å². The third kappa shape index (κ3) is 6.72. The molecule has 1 aliphatic heterocycles. The van der Waals surface area contributed by atoms with E-state index in [1.807, 2.05) is 56.3 Å². The van der Waals surface area contributed by atoms with Crippen LogP contribution in [-0.4, -0.2) is 33.5 Å². The molecule has 0 saturated heterocycles. The van der Waals surface area contributed by atoms with E-state index in [9.17, 15) is 4.79 Å². The molecule has 1 atom stereocenters. The van der Waals surface area contributed by atoms with Gasteiger partial charge in [0.05, 0.1) is 12.7 Å². The lowest BCUT2D eigenvalue weighted by molar-refractivity contribution is -0.113. The predicted molar refractivity (Wildman–Crippen MR) is 173 cm³/mol. The molecule has 1 unspecified atom stereocenters. The topological polar surface area (TPSA) is 90.3 Å². The summed E-state index contributed by atoms with van der Waals surface area (Å²) < 4.78 is 13.8. The van der Waals surface area contributed by atoms with Crippen LogP contribution in [0.3, 0.4) is 0 Å². The van der Waals surface area contributed by atoms with Gasteiger partial charge in [-0.3, -0.25) is 4.79 Å². The minimum atomic E-state index is -0.535. The second kappa shape index (κ2) is 12.6. The summed E-state index contributed by atoms with van der Waals surface area (Å²) in [6.07, 6.45) is 0. The summed E-state index contributed by atoms with van der Waals surface area (Å²) in [5.74, 6) is 2.39. The number of hydrogen-bond acceptors (Lipinski definition) is 7. The third-order valence-corrected chi connectivity index (χ3v) is 8.06. The van der Waals surface area contributed by atoms with Crippen LogP contribution in [-0.2, 0) is 16.8 Å². The van der Waals surface area contributed by atoms with Crippen molar-refractivity contribution in [2.75, 3.05) is 23.5 Å². The zero-order valence-electron chi connectivity index (χ0n) is 25.8. The van der Waals surface area contributed by atoms with Crippen molar-refractivity contribution in [1.29, 1.82) is 0 Å². The molecule has 2 heterocycles. The van der Waals surface area contributed by atoms with E-state index in [0.717, 1.165) is 28.1 Å². The number of thioether (sulfide) groups is 1. The van der Waals surface area contributed by atoms with Gasteiger partial charge in [0, 0.05) is 11.4 Å². The van der Waals surface area contributed by atoms with Gasteiger partial charge in [0.2, 0.25) is 11.1 Å². The van der Waals surface area contributed by atoms with Crippen molar-refractivity contribution >= 4 is 29.3 Å². The van der Waals surface area contributed by atoms with E-state index in [-0.39, 0.29) is 11.3 Å². The van der Waals surface area contributed by atoms with Crippen LogP contribution in [0.15, 0.2) is 83.2 Å². The van der Waals surface area contributed by atoms with Gasteiger partial charge in [-0.2, -0.15) is 4.98 Å². The van der Waals surface area contributed by atoms with Crippen LogP contribution in [0, 0.1) is 6.92 Å². The number of carbonyl (C=O) groups excluding carboxylic acids is 1. The first-order valence-corrected chi connectivity index (χ1v) is 15.4. The highest BCUT2D eigenvalue weighted by Gasteiger charge is 2.35. The molecular weight excluding hydrogens is 558 g/mol. The fraction of sp³-hybridized carbons (Fsp3) is 0.324. The summed E-state index contributed by atoms with van der Waals surface area (Å²) in [7, 11) is 1.62. The van der Waals surface area contributed by atoms with Gasteiger partial charge in [-0.25, -0.2) is 4.68 Å². The number of allylic oxidation sites excluding steroid dienone is 1. The molecule has 2 N–H and O–H groups in total. The number of carbonyl (C=O) groups is 1. The standard InChI is InChI=1S/C34H39N5O3S/c1-8-43-33-37-32-35-22(3)29(31(40)36-26-11-9-10-21(2)18-26)30(39(32)38-33)24-14-17-27(28(19-24)41-7)42-20-23-12-15-25(16-13-23)34(4,5)6/h9-19,30H,8,20H2,1-7H3,(H,36,40)(H,35,37,38). The fourth-order valence-corrected chi connectivity index (χ4v) is 5.64. The van der Waals surface area contributed by atoms with Crippen molar-refractivity contribution in [3.63, 3.8) is 0 Å². The molecule has 4 aromatic rings. The molecule has 0 saturated carbocycles. The Morgan fingerprint density at radius 1 is 1.05 bits per heavy atom. The van der Waals surface area contributed by atoms with Crippen LogP contribution < -0.4 is 20.1 Å². The maximum Gasteiger partial charge on any atom is 0.255 e. The SMILES string of the molecule is CCSc1nc2n(n1)C(c1ccc(OCc3ccc(C(C)(C)C)cc3)c(OC)c1)C(C(=O)Nc1cccc(C)c1)=C(C)N2. The van der Waals surface area contributed by atoms with Gasteiger partial charge in [0.25, 0.3) is 5.91 Å². The van der Waals surface area contributed by atoms with E-state index in [1.165, 1.54) is 5.56 Å². The number of methoxy groups -OCH3 is 1. The lowest BCUT2D eigenvalue weighted by Crippen LogP contribution is -2.31. The summed E-state index contributed by atoms with van der Waals surface area (Å²) >= 11 is 1.55. The van der Waals surface area contributed by atoms with Crippen LogP contribution in [0.4, 0.5) is 11.6 Å². The smallest absolute Gasteiger partial charge is 0.255 e. The average molecular weight is 598 g/mol. The average Bonchev–Trinajstić information content (AvgIpc) is 3.37.